The van der Waals surface area contributed by atoms with Gasteiger partial charge >= 0.3 is 0 Å². The van der Waals surface area contributed by atoms with E-state index in [0.717, 1.165) is 68.2 Å². The van der Waals surface area contributed by atoms with Crippen LogP contribution < -0.4 is 4.90 Å². The van der Waals surface area contributed by atoms with E-state index in [1.807, 2.05) is 6.20 Å². The molecule has 4 rings (SSSR count). The van der Waals surface area contributed by atoms with Gasteiger partial charge in [0.05, 0.1) is 18.1 Å². The lowest BCUT2D eigenvalue weighted by atomic mass is 9.95. The summed E-state index contributed by atoms with van der Waals surface area (Å²) in [6.07, 6.45) is 2.95. The lowest BCUT2D eigenvalue weighted by Gasteiger charge is -2.28. The molecule has 2 aliphatic rings. The van der Waals surface area contributed by atoms with Gasteiger partial charge in [-0.05, 0) is 0 Å². The Balaban J connectivity index is 1.45. The highest BCUT2D eigenvalue weighted by Crippen LogP contribution is 2.32. The van der Waals surface area contributed by atoms with Crippen molar-refractivity contribution >= 4 is 28.1 Å². The van der Waals surface area contributed by atoms with E-state index in [0.29, 0.717) is 5.15 Å². The van der Waals surface area contributed by atoms with Crippen LogP contribution >= 0.6 is 22.9 Å². The zero-order valence-electron chi connectivity index (χ0n) is 16.2. The SMILES string of the molecule is CC(C)(C)c1ncc2c(n1)CCN(Cc1sc(N3CCOCC3)nc1Cl)C2. The zero-order chi connectivity index (χ0) is 19.0. The lowest BCUT2D eigenvalue weighted by molar-refractivity contribution is 0.122. The molecule has 1 fully saturated rings. The first kappa shape index (κ1) is 19.1. The first-order chi connectivity index (χ1) is 12.9. The molecule has 0 unspecified atom stereocenters. The van der Waals surface area contributed by atoms with Crippen LogP contribution in [0.1, 0.15) is 42.7 Å². The molecule has 0 radical (unpaired) electrons. The van der Waals surface area contributed by atoms with Crippen LogP contribution in [0.2, 0.25) is 5.15 Å². The molecule has 146 valence electrons. The summed E-state index contributed by atoms with van der Waals surface area (Å²) in [5.41, 5.74) is 2.40. The minimum Gasteiger partial charge on any atom is -0.378 e. The van der Waals surface area contributed by atoms with Crippen molar-refractivity contribution in [3.05, 3.63) is 33.3 Å². The van der Waals surface area contributed by atoms with Crippen LogP contribution in [0.5, 0.6) is 0 Å². The van der Waals surface area contributed by atoms with E-state index < -0.39 is 0 Å². The van der Waals surface area contributed by atoms with Crippen LogP contribution in [-0.2, 0) is 29.7 Å². The highest BCUT2D eigenvalue weighted by atomic mass is 35.5. The largest absolute Gasteiger partial charge is 0.378 e. The number of thiazole rings is 1. The second-order valence-corrected chi connectivity index (χ2v) is 9.61. The third-order valence-corrected chi connectivity index (χ3v) is 6.50. The smallest absolute Gasteiger partial charge is 0.187 e. The van der Waals surface area contributed by atoms with Crippen LogP contribution in [-0.4, -0.2) is 52.7 Å². The molecule has 6 nitrogen and oxygen atoms in total. The molecule has 0 amide bonds. The summed E-state index contributed by atoms with van der Waals surface area (Å²) in [5.74, 6) is 0.926. The van der Waals surface area contributed by atoms with Crippen LogP contribution in [0, 0.1) is 0 Å². The fraction of sp³-hybridized carbons (Fsp3) is 0.632. The number of rotatable bonds is 3. The number of halogens is 1. The minimum absolute atomic E-state index is 0.0157. The summed E-state index contributed by atoms with van der Waals surface area (Å²) in [5, 5.41) is 1.64. The molecule has 2 aromatic heterocycles. The molecule has 2 aromatic rings. The van der Waals surface area contributed by atoms with Gasteiger partial charge in [-0.25, -0.2) is 15.0 Å². The van der Waals surface area contributed by atoms with Gasteiger partial charge in [0.25, 0.3) is 0 Å². The molecule has 0 spiro atoms. The average molecular weight is 408 g/mol. The maximum absolute atomic E-state index is 6.44. The topological polar surface area (TPSA) is 54.4 Å². The van der Waals surface area contributed by atoms with Crippen LogP contribution in [0.25, 0.3) is 0 Å². The van der Waals surface area contributed by atoms with Crippen molar-refractivity contribution in [1.29, 1.82) is 0 Å². The normalized spacial score (nSPS) is 18.6. The number of ether oxygens (including phenoxy) is 1. The Kier molecular flexibility index (Phi) is 5.38. The van der Waals surface area contributed by atoms with Gasteiger partial charge in [0.2, 0.25) is 0 Å². The van der Waals surface area contributed by atoms with Crippen molar-refractivity contribution in [2.75, 3.05) is 37.7 Å². The molecule has 2 aliphatic heterocycles. The molecule has 0 aliphatic carbocycles. The van der Waals surface area contributed by atoms with Gasteiger partial charge < -0.3 is 9.64 Å². The number of hydrogen-bond acceptors (Lipinski definition) is 7. The molecular formula is C19H26ClN5OS. The lowest BCUT2D eigenvalue weighted by Crippen LogP contribution is -2.36. The van der Waals surface area contributed by atoms with Crippen molar-refractivity contribution in [3.8, 4) is 0 Å². The zero-order valence-corrected chi connectivity index (χ0v) is 17.7. The van der Waals surface area contributed by atoms with E-state index in [-0.39, 0.29) is 5.41 Å². The number of fused-ring (bicyclic) bond motifs is 1. The molecule has 4 heterocycles. The molecule has 8 heteroatoms. The van der Waals surface area contributed by atoms with Crippen molar-refractivity contribution in [3.63, 3.8) is 0 Å². The number of nitrogens with zero attached hydrogens (tertiary/aromatic N) is 5. The predicted octanol–water partition coefficient (Wildman–Crippen LogP) is 3.28. The fourth-order valence-electron chi connectivity index (χ4n) is 3.38. The van der Waals surface area contributed by atoms with Gasteiger partial charge in [0.1, 0.15) is 11.0 Å². The Morgan fingerprint density at radius 3 is 2.70 bits per heavy atom. The summed E-state index contributed by atoms with van der Waals surface area (Å²) in [7, 11) is 0. The minimum atomic E-state index is -0.0157. The van der Waals surface area contributed by atoms with Crippen molar-refractivity contribution in [2.45, 2.75) is 45.7 Å². The van der Waals surface area contributed by atoms with Gasteiger partial charge in [0, 0.05) is 62.0 Å². The average Bonchev–Trinajstić information content (AvgIpc) is 3.02. The quantitative estimate of drug-likeness (QED) is 0.778. The van der Waals surface area contributed by atoms with E-state index in [1.54, 1.807) is 11.3 Å². The summed E-state index contributed by atoms with van der Waals surface area (Å²) in [4.78, 5) is 19.8. The summed E-state index contributed by atoms with van der Waals surface area (Å²) in [6.45, 7) is 12.4. The molecule has 1 saturated heterocycles. The number of aromatic nitrogens is 3. The molecule has 0 N–H and O–H groups in total. The monoisotopic (exact) mass is 407 g/mol. The third-order valence-electron chi connectivity index (χ3n) is 4.97. The number of hydrogen-bond donors (Lipinski definition) is 0. The van der Waals surface area contributed by atoms with Gasteiger partial charge in [-0.3, -0.25) is 4.90 Å². The van der Waals surface area contributed by atoms with Crippen LogP contribution in [0.15, 0.2) is 6.20 Å². The first-order valence-electron chi connectivity index (χ1n) is 9.45. The second-order valence-electron chi connectivity index (χ2n) is 8.19. The van der Waals surface area contributed by atoms with Gasteiger partial charge in [-0.2, -0.15) is 0 Å². The number of anilines is 1. The summed E-state index contributed by atoms with van der Waals surface area (Å²) in [6, 6.07) is 0. The number of morpholine rings is 1. The van der Waals surface area contributed by atoms with E-state index in [4.69, 9.17) is 21.3 Å². The van der Waals surface area contributed by atoms with E-state index >= 15 is 0 Å². The Bertz CT molecular complexity index is 813. The van der Waals surface area contributed by atoms with Crippen LogP contribution in [0.3, 0.4) is 0 Å². The van der Waals surface area contributed by atoms with E-state index in [2.05, 4.69) is 40.5 Å². The highest BCUT2D eigenvalue weighted by molar-refractivity contribution is 7.16. The van der Waals surface area contributed by atoms with Gasteiger partial charge in [-0.1, -0.05) is 43.7 Å². The molecule has 0 atom stereocenters. The molecule has 0 bridgehead atoms. The third kappa shape index (κ3) is 4.26. The van der Waals surface area contributed by atoms with Crippen molar-refractivity contribution in [2.24, 2.45) is 0 Å². The van der Waals surface area contributed by atoms with E-state index in [1.165, 1.54) is 11.3 Å². The van der Waals surface area contributed by atoms with E-state index in [9.17, 15) is 0 Å². The molecule has 27 heavy (non-hydrogen) atoms. The Hall–Kier alpha value is -1.28. The fourth-order valence-corrected chi connectivity index (χ4v) is 4.73. The van der Waals surface area contributed by atoms with Gasteiger partial charge in [-0.15, -0.1) is 0 Å². The maximum atomic E-state index is 6.44. The van der Waals surface area contributed by atoms with Crippen LogP contribution in [0.4, 0.5) is 5.13 Å². The summed E-state index contributed by atoms with van der Waals surface area (Å²) < 4.78 is 5.42. The standard InChI is InChI=1S/C19H26ClN5OS/c1-19(2,3)17-21-10-13-11-24(5-4-14(13)22-17)12-15-16(20)23-18(27-15)25-6-8-26-9-7-25/h10H,4-9,11-12H2,1-3H3. The second kappa shape index (κ2) is 7.62. The Morgan fingerprint density at radius 1 is 1.19 bits per heavy atom. The molecule has 0 saturated carbocycles. The molecule has 0 aromatic carbocycles. The van der Waals surface area contributed by atoms with Gasteiger partial charge in [0.15, 0.2) is 5.13 Å². The summed E-state index contributed by atoms with van der Waals surface area (Å²) >= 11 is 8.15. The predicted molar refractivity (Wildman–Crippen MR) is 109 cm³/mol. The van der Waals surface area contributed by atoms with Crippen molar-refractivity contribution < 1.29 is 4.74 Å². The highest BCUT2D eigenvalue weighted by Gasteiger charge is 2.24. The maximum Gasteiger partial charge on any atom is 0.187 e. The molecular weight excluding hydrogens is 382 g/mol. The Morgan fingerprint density at radius 2 is 1.96 bits per heavy atom. The Labute approximate surface area is 169 Å². The first-order valence-corrected chi connectivity index (χ1v) is 10.6. The van der Waals surface area contributed by atoms with Crippen molar-refractivity contribution in [1.82, 2.24) is 19.9 Å².